The van der Waals surface area contributed by atoms with E-state index in [1.807, 2.05) is 0 Å². The summed E-state index contributed by atoms with van der Waals surface area (Å²) in [6, 6.07) is 7.12. The van der Waals surface area contributed by atoms with E-state index in [9.17, 15) is 4.79 Å². The lowest BCUT2D eigenvalue weighted by molar-refractivity contribution is -0.116. The van der Waals surface area contributed by atoms with Gasteiger partial charge < -0.3 is 15.4 Å². The van der Waals surface area contributed by atoms with Crippen molar-refractivity contribution in [3.8, 4) is 0 Å². The smallest absolute Gasteiger partial charge is 0.225 e. The summed E-state index contributed by atoms with van der Waals surface area (Å²) in [6.45, 7) is 6.23. The van der Waals surface area contributed by atoms with E-state index in [1.165, 1.54) is 0 Å². The lowest BCUT2D eigenvalue weighted by atomic mass is 10.3. The molecule has 1 fully saturated rings. The molecule has 2 rings (SSSR count). The normalized spacial score (nSPS) is 15.9. The summed E-state index contributed by atoms with van der Waals surface area (Å²) in [6.07, 6.45) is 0.464. The molecule has 116 valence electrons. The number of benzene rings is 1. The molecule has 21 heavy (non-hydrogen) atoms. The number of amides is 1. The molecule has 1 saturated heterocycles. The second-order valence-electron chi connectivity index (χ2n) is 5.01. The Kier molecular flexibility index (Phi) is 6.95. The molecule has 1 aliphatic heterocycles. The summed E-state index contributed by atoms with van der Waals surface area (Å²) >= 11 is 5.80. The first kappa shape index (κ1) is 16.2. The van der Waals surface area contributed by atoms with E-state index >= 15 is 0 Å². The highest BCUT2D eigenvalue weighted by Gasteiger charge is 2.09. The lowest BCUT2D eigenvalue weighted by Gasteiger charge is -2.26. The Hall–Kier alpha value is -1.14. The van der Waals surface area contributed by atoms with E-state index in [4.69, 9.17) is 16.3 Å². The zero-order valence-corrected chi connectivity index (χ0v) is 12.9. The highest BCUT2D eigenvalue weighted by molar-refractivity contribution is 6.30. The van der Waals surface area contributed by atoms with E-state index in [1.54, 1.807) is 24.3 Å². The minimum atomic E-state index is 0.0104. The molecule has 5 nitrogen and oxygen atoms in total. The number of morpholine rings is 1. The summed E-state index contributed by atoms with van der Waals surface area (Å²) in [5.41, 5.74) is 0.776. The van der Waals surface area contributed by atoms with Crippen molar-refractivity contribution in [2.45, 2.75) is 6.42 Å². The van der Waals surface area contributed by atoms with Crippen LogP contribution in [0, 0.1) is 0 Å². The van der Waals surface area contributed by atoms with Crippen molar-refractivity contribution in [3.63, 3.8) is 0 Å². The fraction of sp³-hybridized carbons (Fsp3) is 0.533. The van der Waals surface area contributed by atoms with Crippen molar-refractivity contribution in [1.82, 2.24) is 10.2 Å². The summed E-state index contributed by atoms with van der Waals surface area (Å²) in [4.78, 5) is 14.1. The quantitative estimate of drug-likeness (QED) is 0.751. The molecule has 0 saturated carbocycles. The molecule has 1 heterocycles. The molecule has 1 amide bonds. The number of hydrogen-bond acceptors (Lipinski definition) is 4. The third-order valence-corrected chi connectivity index (χ3v) is 3.62. The molecule has 0 radical (unpaired) electrons. The van der Waals surface area contributed by atoms with Crippen molar-refractivity contribution >= 4 is 23.2 Å². The molecule has 0 bridgehead atoms. The van der Waals surface area contributed by atoms with Gasteiger partial charge in [-0.05, 0) is 24.3 Å². The van der Waals surface area contributed by atoms with Gasteiger partial charge in [0.25, 0.3) is 0 Å². The first-order valence-electron chi connectivity index (χ1n) is 7.30. The number of ether oxygens (including phenoxy) is 1. The van der Waals surface area contributed by atoms with E-state index in [2.05, 4.69) is 15.5 Å². The van der Waals surface area contributed by atoms with E-state index in [0.29, 0.717) is 18.0 Å². The zero-order valence-electron chi connectivity index (χ0n) is 12.1. The SMILES string of the molecule is O=C(CCNCCN1CCOCC1)Nc1ccc(Cl)cc1. The van der Waals surface area contributed by atoms with Gasteiger partial charge in [0, 0.05) is 49.9 Å². The lowest BCUT2D eigenvalue weighted by Crippen LogP contribution is -2.40. The number of nitrogens with one attached hydrogen (secondary N) is 2. The second-order valence-corrected chi connectivity index (χ2v) is 5.45. The Morgan fingerprint density at radius 1 is 1.19 bits per heavy atom. The third-order valence-electron chi connectivity index (χ3n) is 3.37. The largest absolute Gasteiger partial charge is 0.379 e. The molecule has 1 aromatic rings. The maximum absolute atomic E-state index is 11.8. The summed E-state index contributed by atoms with van der Waals surface area (Å²) < 4.78 is 5.30. The van der Waals surface area contributed by atoms with Crippen molar-refractivity contribution in [3.05, 3.63) is 29.3 Å². The Morgan fingerprint density at radius 2 is 1.90 bits per heavy atom. The molecule has 0 atom stereocenters. The number of carbonyl (C=O) groups excluding carboxylic acids is 1. The predicted molar refractivity (Wildman–Crippen MR) is 84.8 cm³/mol. The first-order valence-corrected chi connectivity index (χ1v) is 7.68. The van der Waals surface area contributed by atoms with Gasteiger partial charge in [-0.15, -0.1) is 0 Å². The van der Waals surface area contributed by atoms with E-state index < -0.39 is 0 Å². The van der Waals surface area contributed by atoms with Gasteiger partial charge in [-0.2, -0.15) is 0 Å². The van der Waals surface area contributed by atoms with Crippen LogP contribution in [0.15, 0.2) is 24.3 Å². The van der Waals surface area contributed by atoms with Crippen molar-refractivity contribution in [1.29, 1.82) is 0 Å². The number of anilines is 1. The number of halogens is 1. The van der Waals surface area contributed by atoms with Crippen LogP contribution < -0.4 is 10.6 Å². The molecule has 1 aromatic carbocycles. The van der Waals surface area contributed by atoms with Gasteiger partial charge in [-0.25, -0.2) is 0 Å². The minimum Gasteiger partial charge on any atom is -0.379 e. The number of hydrogen-bond donors (Lipinski definition) is 2. The highest BCUT2D eigenvalue weighted by atomic mass is 35.5. The second kappa shape index (κ2) is 9.00. The van der Waals surface area contributed by atoms with Crippen LogP contribution in [-0.4, -0.2) is 56.7 Å². The Morgan fingerprint density at radius 3 is 2.62 bits per heavy atom. The fourth-order valence-corrected chi connectivity index (χ4v) is 2.27. The molecule has 0 aromatic heterocycles. The van der Waals surface area contributed by atoms with Gasteiger partial charge in [0.15, 0.2) is 0 Å². The molecular weight excluding hydrogens is 290 g/mol. The number of carbonyl (C=O) groups is 1. The van der Waals surface area contributed by atoms with E-state index in [0.717, 1.165) is 45.1 Å². The number of rotatable bonds is 7. The van der Waals surface area contributed by atoms with Gasteiger partial charge in [0.2, 0.25) is 5.91 Å². The van der Waals surface area contributed by atoms with Crippen LogP contribution in [0.3, 0.4) is 0 Å². The van der Waals surface area contributed by atoms with Gasteiger partial charge in [-0.3, -0.25) is 9.69 Å². The van der Waals surface area contributed by atoms with Gasteiger partial charge >= 0.3 is 0 Å². The van der Waals surface area contributed by atoms with Crippen LogP contribution in [0.25, 0.3) is 0 Å². The fourth-order valence-electron chi connectivity index (χ4n) is 2.15. The van der Waals surface area contributed by atoms with Gasteiger partial charge in [0.1, 0.15) is 0 Å². The van der Waals surface area contributed by atoms with Crippen molar-refractivity contribution in [2.75, 3.05) is 51.3 Å². The van der Waals surface area contributed by atoms with Crippen LogP contribution in [0.5, 0.6) is 0 Å². The molecule has 0 unspecified atom stereocenters. The average molecular weight is 312 g/mol. The molecule has 6 heteroatoms. The molecule has 0 aliphatic carbocycles. The van der Waals surface area contributed by atoms with Crippen LogP contribution in [0.4, 0.5) is 5.69 Å². The van der Waals surface area contributed by atoms with Crippen LogP contribution in [0.1, 0.15) is 6.42 Å². The Labute approximate surface area is 130 Å². The predicted octanol–water partition coefficient (Wildman–Crippen LogP) is 1.59. The Balaban J connectivity index is 1.53. The molecule has 2 N–H and O–H groups in total. The van der Waals surface area contributed by atoms with Gasteiger partial charge in [0.05, 0.1) is 13.2 Å². The standard InChI is InChI=1S/C15H22ClN3O2/c16-13-1-3-14(4-2-13)18-15(20)5-6-17-7-8-19-9-11-21-12-10-19/h1-4,17H,5-12H2,(H,18,20). The maximum atomic E-state index is 11.8. The van der Waals surface area contributed by atoms with Gasteiger partial charge in [-0.1, -0.05) is 11.6 Å². The van der Waals surface area contributed by atoms with Crippen LogP contribution in [0.2, 0.25) is 5.02 Å². The zero-order chi connectivity index (χ0) is 14.9. The van der Waals surface area contributed by atoms with E-state index in [-0.39, 0.29) is 5.91 Å². The minimum absolute atomic E-state index is 0.0104. The highest BCUT2D eigenvalue weighted by Crippen LogP contribution is 2.13. The molecular formula is C15H22ClN3O2. The molecule has 1 aliphatic rings. The first-order chi connectivity index (χ1) is 10.2. The number of nitrogens with zero attached hydrogens (tertiary/aromatic N) is 1. The summed E-state index contributed by atoms with van der Waals surface area (Å²) in [5.74, 6) is 0.0104. The van der Waals surface area contributed by atoms with Crippen LogP contribution >= 0.6 is 11.6 Å². The van der Waals surface area contributed by atoms with Crippen LogP contribution in [-0.2, 0) is 9.53 Å². The topological polar surface area (TPSA) is 53.6 Å². The third kappa shape index (κ3) is 6.44. The summed E-state index contributed by atoms with van der Waals surface area (Å²) in [7, 11) is 0. The van der Waals surface area contributed by atoms with Crippen molar-refractivity contribution in [2.24, 2.45) is 0 Å². The maximum Gasteiger partial charge on any atom is 0.225 e. The Bertz CT molecular complexity index is 433. The van der Waals surface area contributed by atoms with Crippen molar-refractivity contribution < 1.29 is 9.53 Å². The molecule has 0 spiro atoms. The summed E-state index contributed by atoms with van der Waals surface area (Å²) in [5, 5.41) is 6.80. The average Bonchev–Trinajstić information content (AvgIpc) is 2.50. The monoisotopic (exact) mass is 311 g/mol.